The smallest absolute Gasteiger partial charge is 0.0405 e. The third kappa shape index (κ3) is 0.640. The molecule has 2 atom stereocenters. The van der Waals surface area contributed by atoms with Crippen LogP contribution in [0.4, 0.5) is 0 Å². The zero-order valence-electron chi connectivity index (χ0n) is 4.86. The first-order valence-electron chi connectivity index (χ1n) is 2.65. The second-order valence-corrected chi connectivity index (χ2v) is 2.61. The van der Waals surface area contributed by atoms with Gasteiger partial charge in [-0.05, 0) is 13.8 Å². The van der Waals surface area contributed by atoms with Gasteiger partial charge in [-0.1, -0.05) is 0 Å². The maximum absolute atomic E-state index is 5.70. The highest BCUT2D eigenvalue weighted by atomic mass is 15.1. The highest BCUT2D eigenvalue weighted by Crippen LogP contribution is 2.12. The van der Waals surface area contributed by atoms with Crippen LogP contribution in [0.3, 0.4) is 0 Å². The van der Waals surface area contributed by atoms with E-state index >= 15 is 0 Å². The Morgan fingerprint density at radius 2 is 2.29 bits per heavy atom. The predicted octanol–water partition coefficient (Wildman–Crippen LogP) is -0.305. The first-order valence-corrected chi connectivity index (χ1v) is 2.65. The lowest BCUT2D eigenvalue weighted by atomic mass is 9.87. The monoisotopic (exact) mass is 100 g/mol. The minimum Gasteiger partial charge on any atom is -0.323 e. The molecule has 1 fully saturated rings. The van der Waals surface area contributed by atoms with Gasteiger partial charge < -0.3 is 11.1 Å². The normalized spacial score (nSPS) is 51.0. The standard InChI is InChI=1S/C5H12N2/c1-4-5(2,6)3-7-4/h4,7H,3,6H2,1-2H3. The Kier molecular flexibility index (Phi) is 0.869. The van der Waals surface area contributed by atoms with Crippen molar-refractivity contribution in [1.82, 2.24) is 5.32 Å². The van der Waals surface area contributed by atoms with E-state index in [1.165, 1.54) is 0 Å². The number of hydrogen-bond donors (Lipinski definition) is 2. The van der Waals surface area contributed by atoms with Crippen LogP contribution in [0.15, 0.2) is 0 Å². The molecule has 0 saturated carbocycles. The molecule has 3 N–H and O–H groups in total. The molecule has 1 aliphatic heterocycles. The molecule has 0 aromatic heterocycles. The summed E-state index contributed by atoms with van der Waals surface area (Å²) in [5, 5.41) is 3.17. The van der Waals surface area contributed by atoms with Gasteiger partial charge in [-0.3, -0.25) is 0 Å². The van der Waals surface area contributed by atoms with Crippen LogP contribution >= 0.6 is 0 Å². The van der Waals surface area contributed by atoms with Crippen LogP contribution in [0.25, 0.3) is 0 Å². The lowest BCUT2D eigenvalue weighted by molar-refractivity contribution is 0.219. The molecule has 0 bridgehead atoms. The second-order valence-electron chi connectivity index (χ2n) is 2.61. The minimum atomic E-state index is 0.0694. The van der Waals surface area contributed by atoms with Crippen molar-refractivity contribution in [2.24, 2.45) is 5.73 Å². The summed E-state index contributed by atoms with van der Waals surface area (Å²) < 4.78 is 0. The summed E-state index contributed by atoms with van der Waals surface area (Å²) in [6.45, 7) is 5.13. The molecule has 2 unspecified atom stereocenters. The van der Waals surface area contributed by atoms with Crippen molar-refractivity contribution in [3.8, 4) is 0 Å². The zero-order chi connectivity index (χ0) is 5.49. The van der Waals surface area contributed by atoms with Gasteiger partial charge in [0.15, 0.2) is 0 Å². The number of hydrogen-bond acceptors (Lipinski definition) is 2. The van der Waals surface area contributed by atoms with Crippen molar-refractivity contribution in [3.05, 3.63) is 0 Å². The second kappa shape index (κ2) is 1.20. The van der Waals surface area contributed by atoms with E-state index in [9.17, 15) is 0 Å². The molecule has 1 aliphatic rings. The van der Waals surface area contributed by atoms with Crippen LogP contribution in [-0.4, -0.2) is 18.1 Å². The molecule has 1 saturated heterocycles. The summed E-state index contributed by atoms with van der Waals surface area (Å²) in [6, 6.07) is 0.507. The van der Waals surface area contributed by atoms with E-state index in [0.29, 0.717) is 6.04 Å². The van der Waals surface area contributed by atoms with Crippen molar-refractivity contribution in [2.75, 3.05) is 6.54 Å². The highest BCUT2D eigenvalue weighted by Gasteiger charge is 2.34. The molecule has 0 aliphatic carbocycles. The molecule has 7 heavy (non-hydrogen) atoms. The summed E-state index contributed by atoms with van der Waals surface area (Å²) in [6.07, 6.45) is 0. The molecule has 2 heteroatoms. The Labute approximate surface area is 44.1 Å². The molecular formula is C5H12N2. The van der Waals surface area contributed by atoms with Gasteiger partial charge in [0, 0.05) is 18.1 Å². The van der Waals surface area contributed by atoms with Crippen LogP contribution in [0, 0.1) is 0 Å². The zero-order valence-corrected chi connectivity index (χ0v) is 4.86. The Bertz CT molecular complexity index is 78.1. The fourth-order valence-electron chi connectivity index (χ4n) is 0.628. The van der Waals surface area contributed by atoms with Crippen molar-refractivity contribution in [3.63, 3.8) is 0 Å². The lowest BCUT2D eigenvalue weighted by Gasteiger charge is -2.43. The maximum Gasteiger partial charge on any atom is 0.0405 e. The van der Waals surface area contributed by atoms with Gasteiger partial charge in [0.2, 0.25) is 0 Å². The molecular weight excluding hydrogens is 88.1 g/mol. The van der Waals surface area contributed by atoms with E-state index in [4.69, 9.17) is 5.73 Å². The van der Waals surface area contributed by atoms with Gasteiger partial charge in [-0.25, -0.2) is 0 Å². The summed E-state index contributed by atoms with van der Waals surface area (Å²) in [5.41, 5.74) is 5.77. The quantitative estimate of drug-likeness (QED) is 0.438. The fraction of sp³-hybridized carbons (Fsp3) is 1.00. The summed E-state index contributed by atoms with van der Waals surface area (Å²) >= 11 is 0. The summed E-state index contributed by atoms with van der Waals surface area (Å²) in [7, 11) is 0. The van der Waals surface area contributed by atoms with E-state index in [2.05, 4.69) is 19.2 Å². The maximum atomic E-state index is 5.70. The highest BCUT2D eigenvalue weighted by molar-refractivity contribution is 5.00. The molecule has 0 aromatic rings. The first-order chi connectivity index (χ1) is 3.13. The Balaban J connectivity index is 2.43. The van der Waals surface area contributed by atoms with Crippen LogP contribution in [-0.2, 0) is 0 Å². The number of nitrogens with two attached hydrogens (primary N) is 1. The van der Waals surface area contributed by atoms with Crippen LogP contribution in [0.2, 0.25) is 0 Å². The van der Waals surface area contributed by atoms with E-state index < -0.39 is 0 Å². The van der Waals surface area contributed by atoms with Gasteiger partial charge >= 0.3 is 0 Å². The van der Waals surface area contributed by atoms with Crippen molar-refractivity contribution in [1.29, 1.82) is 0 Å². The number of rotatable bonds is 0. The average Bonchev–Trinajstić information content (AvgIpc) is 1.63. The predicted molar refractivity (Wildman–Crippen MR) is 30.1 cm³/mol. The molecule has 0 aromatic carbocycles. The van der Waals surface area contributed by atoms with E-state index in [1.807, 2.05) is 0 Å². The molecule has 0 amide bonds. The first kappa shape index (κ1) is 5.06. The van der Waals surface area contributed by atoms with E-state index in [-0.39, 0.29) is 5.54 Å². The van der Waals surface area contributed by atoms with Gasteiger partial charge in [0.25, 0.3) is 0 Å². The van der Waals surface area contributed by atoms with Gasteiger partial charge in [0.05, 0.1) is 0 Å². The van der Waals surface area contributed by atoms with Crippen LogP contribution in [0.1, 0.15) is 13.8 Å². The molecule has 42 valence electrons. The third-order valence-electron chi connectivity index (χ3n) is 1.78. The Morgan fingerprint density at radius 1 is 1.86 bits per heavy atom. The molecule has 0 spiro atoms. The summed E-state index contributed by atoms with van der Waals surface area (Å²) in [5.74, 6) is 0. The van der Waals surface area contributed by atoms with E-state index in [1.54, 1.807) is 0 Å². The third-order valence-corrected chi connectivity index (χ3v) is 1.78. The largest absolute Gasteiger partial charge is 0.323 e. The summed E-state index contributed by atoms with van der Waals surface area (Å²) in [4.78, 5) is 0. The van der Waals surface area contributed by atoms with Crippen molar-refractivity contribution < 1.29 is 0 Å². The Morgan fingerprint density at radius 3 is 2.29 bits per heavy atom. The van der Waals surface area contributed by atoms with Crippen LogP contribution in [0.5, 0.6) is 0 Å². The molecule has 2 nitrogen and oxygen atoms in total. The van der Waals surface area contributed by atoms with Crippen molar-refractivity contribution >= 4 is 0 Å². The topological polar surface area (TPSA) is 38.0 Å². The fourth-order valence-corrected chi connectivity index (χ4v) is 0.628. The number of nitrogens with one attached hydrogen (secondary N) is 1. The molecule has 1 heterocycles. The van der Waals surface area contributed by atoms with Crippen molar-refractivity contribution in [2.45, 2.75) is 25.4 Å². The molecule has 1 rings (SSSR count). The SMILES string of the molecule is CC1NCC1(C)N. The minimum absolute atomic E-state index is 0.0694. The van der Waals surface area contributed by atoms with Gasteiger partial charge in [0.1, 0.15) is 0 Å². The molecule has 0 radical (unpaired) electrons. The van der Waals surface area contributed by atoms with E-state index in [0.717, 1.165) is 6.54 Å². The Hall–Kier alpha value is -0.0800. The van der Waals surface area contributed by atoms with Gasteiger partial charge in [-0.2, -0.15) is 0 Å². The van der Waals surface area contributed by atoms with Gasteiger partial charge in [-0.15, -0.1) is 0 Å². The lowest BCUT2D eigenvalue weighted by Crippen LogP contribution is -2.70. The van der Waals surface area contributed by atoms with Crippen LogP contribution < -0.4 is 11.1 Å². The average molecular weight is 100 g/mol.